The molecule has 0 amide bonds. The normalized spacial score (nSPS) is 25.2. The Kier molecular flexibility index (Phi) is 6.13. The van der Waals surface area contributed by atoms with E-state index in [-0.39, 0.29) is 46.6 Å². The lowest BCUT2D eigenvalue weighted by atomic mass is 9.90. The monoisotopic (exact) mass is 430 g/mol. The summed E-state index contributed by atoms with van der Waals surface area (Å²) >= 11 is 5.78. The molecule has 0 bridgehead atoms. The lowest BCUT2D eigenvalue weighted by Crippen LogP contribution is -2.35. The van der Waals surface area contributed by atoms with Crippen LogP contribution in [0.3, 0.4) is 0 Å². The summed E-state index contributed by atoms with van der Waals surface area (Å²) in [6.07, 6.45) is 0. The number of benzene rings is 2. The third-order valence-electron chi connectivity index (χ3n) is 5.37. The molecule has 2 fully saturated rings. The van der Waals surface area contributed by atoms with E-state index in [0.717, 1.165) is 24.7 Å². The van der Waals surface area contributed by atoms with Crippen LogP contribution in [0.5, 0.6) is 0 Å². The molecule has 27 heavy (non-hydrogen) atoms. The van der Waals surface area contributed by atoms with E-state index < -0.39 is 15.8 Å². The van der Waals surface area contributed by atoms with Gasteiger partial charge in [-0.3, -0.25) is 0 Å². The SMILES string of the molecule is Cl.O=S(=O)(Cc1ccc(Cl)cc1F)N1C[C@@H]2CNC[C@@H]2[C@H]1c1ccccc1. The largest absolute Gasteiger partial charge is 0.316 e. The minimum absolute atomic E-state index is 0. The number of nitrogens with zero attached hydrogens (tertiary/aromatic N) is 1. The first-order valence-electron chi connectivity index (χ1n) is 8.65. The standard InChI is InChI=1S/C19H20ClFN2O2S.ClH/c20-16-7-6-14(18(21)8-16)12-26(24,25)23-11-15-9-22-10-17(15)19(23)13-4-2-1-3-5-13;/h1-8,15,17,19,22H,9-12H2;1H/t15-,17-,19+;/m0./s1. The number of nitrogens with one attached hydrogen (secondary N) is 1. The first-order valence-corrected chi connectivity index (χ1v) is 10.6. The molecule has 0 saturated carbocycles. The van der Waals surface area contributed by atoms with Crippen molar-refractivity contribution in [2.45, 2.75) is 11.8 Å². The van der Waals surface area contributed by atoms with E-state index in [4.69, 9.17) is 11.6 Å². The number of rotatable bonds is 4. The Morgan fingerprint density at radius 3 is 2.59 bits per heavy atom. The maximum absolute atomic E-state index is 14.1. The summed E-state index contributed by atoms with van der Waals surface area (Å²) in [6.45, 7) is 2.08. The van der Waals surface area contributed by atoms with Gasteiger partial charge >= 0.3 is 0 Å². The fourth-order valence-electron chi connectivity index (χ4n) is 4.15. The first kappa shape index (κ1) is 20.6. The van der Waals surface area contributed by atoms with Gasteiger partial charge in [-0.15, -0.1) is 12.4 Å². The van der Waals surface area contributed by atoms with Crippen LogP contribution < -0.4 is 5.32 Å². The van der Waals surface area contributed by atoms with Gasteiger partial charge < -0.3 is 5.32 Å². The topological polar surface area (TPSA) is 49.4 Å². The molecule has 3 atom stereocenters. The van der Waals surface area contributed by atoms with Crippen LogP contribution in [0.2, 0.25) is 5.02 Å². The molecule has 4 nitrogen and oxygen atoms in total. The molecule has 2 saturated heterocycles. The van der Waals surface area contributed by atoms with Gasteiger partial charge in [0, 0.05) is 23.7 Å². The van der Waals surface area contributed by atoms with Crippen molar-refractivity contribution < 1.29 is 12.8 Å². The van der Waals surface area contributed by atoms with Gasteiger partial charge in [0.25, 0.3) is 0 Å². The molecule has 0 radical (unpaired) electrons. The van der Waals surface area contributed by atoms with Gasteiger partial charge in [-0.05, 0) is 36.1 Å². The Bertz CT molecular complexity index is 911. The van der Waals surface area contributed by atoms with E-state index in [1.54, 1.807) is 4.31 Å². The third kappa shape index (κ3) is 4.00. The molecule has 2 aromatic carbocycles. The van der Waals surface area contributed by atoms with Gasteiger partial charge in [0.2, 0.25) is 10.0 Å². The zero-order valence-electron chi connectivity index (χ0n) is 14.5. The highest BCUT2D eigenvalue weighted by atomic mass is 35.5. The van der Waals surface area contributed by atoms with E-state index in [1.165, 1.54) is 12.1 Å². The van der Waals surface area contributed by atoms with Gasteiger partial charge in [0.05, 0.1) is 11.8 Å². The summed E-state index contributed by atoms with van der Waals surface area (Å²) < 4.78 is 42.0. The second kappa shape index (κ2) is 8.05. The molecule has 0 aromatic heterocycles. The summed E-state index contributed by atoms with van der Waals surface area (Å²) in [5.74, 6) is -0.419. The lowest BCUT2D eigenvalue weighted by Gasteiger charge is -2.28. The van der Waals surface area contributed by atoms with Crippen LogP contribution in [0.1, 0.15) is 17.2 Å². The van der Waals surface area contributed by atoms with E-state index in [1.807, 2.05) is 30.3 Å². The highest BCUT2D eigenvalue weighted by molar-refractivity contribution is 7.88. The van der Waals surface area contributed by atoms with Crippen molar-refractivity contribution in [2.24, 2.45) is 11.8 Å². The zero-order chi connectivity index (χ0) is 18.3. The lowest BCUT2D eigenvalue weighted by molar-refractivity contribution is 0.345. The number of hydrogen-bond acceptors (Lipinski definition) is 3. The Hall–Kier alpha value is -1.18. The average Bonchev–Trinajstić information content (AvgIpc) is 3.19. The van der Waals surface area contributed by atoms with Crippen LogP contribution >= 0.6 is 24.0 Å². The minimum atomic E-state index is -3.67. The predicted molar refractivity (Wildman–Crippen MR) is 107 cm³/mol. The molecule has 2 aliphatic rings. The van der Waals surface area contributed by atoms with Crippen molar-refractivity contribution in [1.82, 2.24) is 9.62 Å². The smallest absolute Gasteiger partial charge is 0.218 e. The Labute approximate surface area is 170 Å². The number of fused-ring (bicyclic) bond motifs is 1. The van der Waals surface area contributed by atoms with Gasteiger partial charge in [-0.2, -0.15) is 4.31 Å². The number of halogens is 3. The quantitative estimate of drug-likeness (QED) is 0.805. The van der Waals surface area contributed by atoms with Crippen LogP contribution in [-0.2, 0) is 15.8 Å². The molecule has 146 valence electrons. The fourth-order valence-corrected chi connectivity index (χ4v) is 6.14. The van der Waals surface area contributed by atoms with Gasteiger partial charge in [-0.1, -0.05) is 48.0 Å². The maximum Gasteiger partial charge on any atom is 0.218 e. The van der Waals surface area contributed by atoms with Crippen molar-refractivity contribution >= 4 is 34.0 Å². The fraction of sp³-hybridized carbons (Fsp3) is 0.368. The van der Waals surface area contributed by atoms with Crippen molar-refractivity contribution in [1.29, 1.82) is 0 Å². The van der Waals surface area contributed by atoms with E-state index in [0.29, 0.717) is 6.54 Å². The molecule has 2 heterocycles. The van der Waals surface area contributed by atoms with Crippen LogP contribution in [0.25, 0.3) is 0 Å². The van der Waals surface area contributed by atoms with E-state index in [9.17, 15) is 12.8 Å². The molecular formula is C19H21Cl2FN2O2S. The average molecular weight is 431 g/mol. The second-order valence-electron chi connectivity index (χ2n) is 7.00. The summed E-state index contributed by atoms with van der Waals surface area (Å²) in [7, 11) is -3.67. The maximum atomic E-state index is 14.1. The summed E-state index contributed by atoms with van der Waals surface area (Å²) in [6, 6.07) is 13.6. The Morgan fingerprint density at radius 1 is 1.15 bits per heavy atom. The van der Waals surface area contributed by atoms with Crippen molar-refractivity contribution in [3.05, 3.63) is 70.5 Å². The van der Waals surface area contributed by atoms with Crippen LogP contribution in [-0.4, -0.2) is 32.4 Å². The zero-order valence-corrected chi connectivity index (χ0v) is 16.9. The van der Waals surface area contributed by atoms with Crippen LogP contribution in [0, 0.1) is 17.7 Å². The van der Waals surface area contributed by atoms with Crippen molar-refractivity contribution in [3.8, 4) is 0 Å². The molecule has 8 heteroatoms. The Morgan fingerprint density at radius 2 is 1.89 bits per heavy atom. The van der Waals surface area contributed by atoms with Crippen LogP contribution in [0.15, 0.2) is 48.5 Å². The van der Waals surface area contributed by atoms with Crippen LogP contribution in [0.4, 0.5) is 4.39 Å². The second-order valence-corrected chi connectivity index (χ2v) is 9.36. The molecule has 2 aromatic rings. The van der Waals surface area contributed by atoms with Crippen molar-refractivity contribution in [2.75, 3.05) is 19.6 Å². The van der Waals surface area contributed by atoms with Gasteiger partial charge in [0.15, 0.2) is 0 Å². The molecule has 0 aliphatic carbocycles. The molecular weight excluding hydrogens is 410 g/mol. The minimum Gasteiger partial charge on any atom is -0.316 e. The highest BCUT2D eigenvalue weighted by Gasteiger charge is 2.49. The van der Waals surface area contributed by atoms with E-state index >= 15 is 0 Å². The highest BCUT2D eigenvalue weighted by Crippen LogP contribution is 2.44. The first-order chi connectivity index (χ1) is 12.5. The van der Waals surface area contributed by atoms with E-state index in [2.05, 4.69) is 5.32 Å². The van der Waals surface area contributed by atoms with Gasteiger partial charge in [-0.25, -0.2) is 12.8 Å². The summed E-state index contributed by atoms with van der Waals surface area (Å²) in [5, 5.41) is 3.62. The molecule has 0 unspecified atom stereocenters. The molecule has 4 rings (SSSR count). The molecule has 0 spiro atoms. The van der Waals surface area contributed by atoms with Gasteiger partial charge in [0.1, 0.15) is 5.82 Å². The third-order valence-corrected chi connectivity index (χ3v) is 7.38. The predicted octanol–water partition coefficient (Wildman–Crippen LogP) is 3.62. The molecule has 1 N–H and O–H groups in total. The summed E-state index contributed by atoms with van der Waals surface area (Å²) in [5.41, 5.74) is 1.14. The number of hydrogen-bond donors (Lipinski definition) is 1. The molecule has 2 aliphatic heterocycles. The van der Waals surface area contributed by atoms with Crippen molar-refractivity contribution in [3.63, 3.8) is 0 Å². The summed E-state index contributed by atoms with van der Waals surface area (Å²) in [4.78, 5) is 0. The Balaban J connectivity index is 0.00000210. The number of sulfonamides is 1.